The van der Waals surface area contributed by atoms with E-state index in [0.29, 0.717) is 10.1 Å². The third kappa shape index (κ3) is 5.06. The maximum absolute atomic E-state index is 5.90. The van der Waals surface area contributed by atoms with Gasteiger partial charge in [0, 0.05) is 10.7 Å². The van der Waals surface area contributed by atoms with Crippen molar-refractivity contribution >= 4 is 40.8 Å². The number of anilines is 1. The van der Waals surface area contributed by atoms with Crippen LogP contribution in [0.5, 0.6) is 5.75 Å². The van der Waals surface area contributed by atoms with Crippen LogP contribution in [0.2, 0.25) is 5.02 Å². The van der Waals surface area contributed by atoms with Crippen molar-refractivity contribution in [1.29, 1.82) is 0 Å². The minimum Gasteiger partial charge on any atom is -0.497 e. The fourth-order valence-electron chi connectivity index (χ4n) is 1.61. The predicted molar refractivity (Wildman–Crippen MR) is 91.4 cm³/mol. The van der Waals surface area contributed by atoms with Gasteiger partial charge in [-0.15, -0.1) is 0 Å². The summed E-state index contributed by atoms with van der Waals surface area (Å²) in [5.74, 6) is 0.776. The van der Waals surface area contributed by atoms with Gasteiger partial charge in [0.1, 0.15) is 5.75 Å². The Hall–Kier alpha value is -2.11. The average molecular weight is 320 g/mol. The van der Waals surface area contributed by atoms with Crippen LogP contribution < -0.4 is 15.5 Å². The molecule has 0 amide bonds. The van der Waals surface area contributed by atoms with Crippen LogP contribution >= 0.6 is 23.8 Å². The van der Waals surface area contributed by atoms with Crippen molar-refractivity contribution in [2.75, 3.05) is 12.4 Å². The molecule has 0 atom stereocenters. The molecular weight excluding hydrogens is 306 g/mol. The Kier molecular flexibility index (Phi) is 5.54. The SMILES string of the molecule is COc1cccc(/C=N/NC(=S)Nc2cccc(Cl)c2)c1. The van der Waals surface area contributed by atoms with Gasteiger partial charge >= 0.3 is 0 Å². The predicted octanol–water partition coefficient (Wildman–Crippen LogP) is 3.67. The monoisotopic (exact) mass is 319 g/mol. The standard InChI is InChI=1S/C15H14ClN3OS/c1-20-14-7-2-4-11(8-14)10-17-19-15(21)18-13-6-3-5-12(16)9-13/h2-10H,1H3,(H2,18,19,21)/b17-10+. The highest BCUT2D eigenvalue weighted by Crippen LogP contribution is 2.14. The molecule has 2 N–H and O–H groups in total. The van der Waals surface area contributed by atoms with E-state index in [4.69, 9.17) is 28.6 Å². The van der Waals surface area contributed by atoms with E-state index in [9.17, 15) is 0 Å². The number of benzene rings is 2. The van der Waals surface area contributed by atoms with Gasteiger partial charge in [0.2, 0.25) is 0 Å². The first-order valence-electron chi connectivity index (χ1n) is 6.17. The summed E-state index contributed by atoms with van der Waals surface area (Å²) in [5, 5.41) is 8.08. The fraction of sp³-hybridized carbons (Fsp3) is 0.0667. The molecule has 2 aromatic carbocycles. The summed E-state index contributed by atoms with van der Waals surface area (Å²) in [4.78, 5) is 0. The van der Waals surface area contributed by atoms with Gasteiger partial charge in [-0.25, -0.2) is 0 Å². The van der Waals surface area contributed by atoms with Crippen molar-refractivity contribution in [3.63, 3.8) is 0 Å². The molecule has 0 aliphatic carbocycles. The van der Waals surface area contributed by atoms with E-state index in [1.54, 1.807) is 25.5 Å². The number of hydrogen-bond acceptors (Lipinski definition) is 3. The van der Waals surface area contributed by atoms with E-state index in [1.165, 1.54) is 0 Å². The van der Waals surface area contributed by atoms with Crippen LogP contribution in [0.3, 0.4) is 0 Å². The highest BCUT2D eigenvalue weighted by atomic mass is 35.5. The molecule has 0 bridgehead atoms. The number of hydrogen-bond donors (Lipinski definition) is 2. The second-order valence-electron chi connectivity index (χ2n) is 4.11. The van der Waals surface area contributed by atoms with Crippen LogP contribution in [0.4, 0.5) is 5.69 Å². The number of nitrogens with zero attached hydrogens (tertiary/aromatic N) is 1. The zero-order valence-electron chi connectivity index (χ0n) is 11.3. The van der Waals surface area contributed by atoms with Crippen molar-refractivity contribution in [2.45, 2.75) is 0 Å². The number of nitrogens with one attached hydrogen (secondary N) is 2. The van der Waals surface area contributed by atoms with E-state index in [0.717, 1.165) is 17.0 Å². The Balaban J connectivity index is 1.90. The molecule has 6 heteroatoms. The van der Waals surface area contributed by atoms with Gasteiger partial charge in [0.15, 0.2) is 5.11 Å². The molecule has 0 spiro atoms. The number of methoxy groups -OCH3 is 1. The van der Waals surface area contributed by atoms with Gasteiger partial charge in [0.25, 0.3) is 0 Å². The fourth-order valence-corrected chi connectivity index (χ4v) is 1.97. The smallest absolute Gasteiger partial charge is 0.191 e. The lowest BCUT2D eigenvalue weighted by atomic mass is 10.2. The highest BCUT2D eigenvalue weighted by Gasteiger charge is 1.97. The summed E-state index contributed by atoms with van der Waals surface area (Å²) in [6.45, 7) is 0. The van der Waals surface area contributed by atoms with Gasteiger partial charge in [0.05, 0.1) is 13.3 Å². The van der Waals surface area contributed by atoms with Crippen LogP contribution in [-0.4, -0.2) is 18.4 Å². The third-order valence-corrected chi connectivity index (χ3v) is 2.98. The quantitative estimate of drug-likeness (QED) is 0.513. The van der Waals surface area contributed by atoms with E-state index < -0.39 is 0 Å². The largest absolute Gasteiger partial charge is 0.497 e. The van der Waals surface area contributed by atoms with Crippen LogP contribution in [0.1, 0.15) is 5.56 Å². The molecule has 0 aliphatic heterocycles. The molecule has 108 valence electrons. The first kappa shape index (κ1) is 15.3. The Labute approximate surface area is 133 Å². The molecular formula is C15H14ClN3OS. The Morgan fingerprint density at radius 1 is 1.24 bits per heavy atom. The van der Waals surface area contributed by atoms with Gasteiger partial charge in [-0.05, 0) is 48.1 Å². The normalized spacial score (nSPS) is 10.4. The summed E-state index contributed by atoms with van der Waals surface area (Å²) in [7, 11) is 1.62. The lowest BCUT2D eigenvalue weighted by Crippen LogP contribution is -2.23. The summed E-state index contributed by atoms with van der Waals surface area (Å²) in [6.07, 6.45) is 1.66. The molecule has 0 saturated heterocycles. The summed E-state index contributed by atoms with van der Waals surface area (Å²) in [6, 6.07) is 14.8. The molecule has 0 saturated carbocycles. The van der Waals surface area contributed by atoms with Crippen LogP contribution in [0, 0.1) is 0 Å². The minimum atomic E-state index is 0.386. The highest BCUT2D eigenvalue weighted by molar-refractivity contribution is 7.80. The topological polar surface area (TPSA) is 45.6 Å². The van der Waals surface area contributed by atoms with Crippen molar-refractivity contribution < 1.29 is 4.74 Å². The van der Waals surface area contributed by atoms with E-state index in [1.807, 2.05) is 36.4 Å². The van der Waals surface area contributed by atoms with Gasteiger partial charge in [-0.3, -0.25) is 5.43 Å². The minimum absolute atomic E-state index is 0.386. The molecule has 0 fully saturated rings. The Morgan fingerprint density at radius 3 is 2.81 bits per heavy atom. The Morgan fingerprint density at radius 2 is 2.05 bits per heavy atom. The maximum Gasteiger partial charge on any atom is 0.191 e. The van der Waals surface area contributed by atoms with Crippen LogP contribution in [0.25, 0.3) is 0 Å². The average Bonchev–Trinajstić information content (AvgIpc) is 2.47. The summed E-state index contributed by atoms with van der Waals surface area (Å²) < 4.78 is 5.14. The molecule has 21 heavy (non-hydrogen) atoms. The first-order valence-corrected chi connectivity index (χ1v) is 6.95. The third-order valence-electron chi connectivity index (χ3n) is 2.56. The number of rotatable bonds is 4. The first-order chi connectivity index (χ1) is 10.2. The number of halogens is 1. The van der Waals surface area contributed by atoms with Gasteiger partial charge < -0.3 is 10.1 Å². The number of ether oxygens (including phenoxy) is 1. The van der Waals surface area contributed by atoms with E-state index in [-0.39, 0.29) is 0 Å². The lowest BCUT2D eigenvalue weighted by Gasteiger charge is -2.07. The summed E-state index contributed by atoms with van der Waals surface area (Å²) >= 11 is 11.0. The molecule has 0 aromatic heterocycles. The molecule has 4 nitrogen and oxygen atoms in total. The molecule has 0 unspecified atom stereocenters. The second-order valence-corrected chi connectivity index (χ2v) is 4.96. The second kappa shape index (κ2) is 7.61. The Bertz CT molecular complexity index is 661. The number of thiocarbonyl (C=S) groups is 1. The van der Waals surface area contributed by atoms with Crippen LogP contribution in [-0.2, 0) is 0 Å². The zero-order chi connectivity index (χ0) is 15.1. The van der Waals surface area contributed by atoms with Crippen molar-refractivity contribution in [2.24, 2.45) is 5.10 Å². The molecule has 2 aromatic rings. The molecule has 2 rings (SSSR count). The maximum atomic E-state index is 5.90. The van der Waals surface area contributed by atoms with Crippen molar-refractivity contribution in [3.8, 4) is 5.75 Å². The molecule has 0 heterocycles. The molecule has 0 aliphatic rings. The van der Waals surface area contributed by atoms with E-state index >= 15 is 0 Å². The van der Waals surface area contributed by atoms with Crippen LogP contribution in [0.15, 0.2) is 53.6 Å². The van der Waals surface area contributed by atoms with Gasteiger partial charge in [-0.2, -0.15) is 5.10 Å². The van der Waals surface area contributed by atoms with Crippen molar-refractivity contribution in [3.05, 3.63) is 59.1 Å². The molecule has 0 radical (unpaired) electrons. The zero-order valence-corrected chi connectivity index (χ0v) is 12.9. The van der Waals surface area contributed by atoms with E-state index in [2.05, 4.69) is 15.8 Å². The van der Waals surface area contributed by atoms with Gasteiger partial charge in [-0.1, -0.05) is 29.8 Å². The van der Waals surface area contributed by atoms with Crippen molar-refractivity contribution in [1.82, 2.24) is 5.43 Å². The lowest BCUT2D eigenvalue weighted by molar-refractivity contribution is 0.415. The summed E-state index contributed by atoms with van der Waals surface area (Å²) in [5.41, 5.74) is 4.45. The number of hydrazone groups is 1.